The van der Waals surface area contributed by atoms with Gasteiger partial charge in [-0.3, -0.25) is 0 Å². The van der Waals surface area contributed by atoms with Crippen LogP contribution in [-0.4, -0.2) is 12.5 Å². The summed E-state index contributed by atoms with van der Waals surface area (Å²) in [6.07, 6.45) is 0. The average molecular weight is 295 g/mol. The fraction of sp³-hybridized carbons (Fsp3) is 0.211. The number of benzene rings is 2. The summed E-state index contributed by atoms with van der Waals surface area (Å²) in [4.78, 5) is 12.0. The molecule has 2 aromatic carbocycles. The van der Waals surface area contributed by atoms with E-state index in [-0.39, 0.29) is 5.97 Å². The smallest absolute Gasteiger partial charge is 0.338 e. The van der Waals surface area contributed by atoms with Crippen molar-refractivity contribution in [2.45, 2.75) is 20.1 Å². The first-order chi connectivity index (χ1) is 10.6. The van der Waals surface area contributed by atoms with E-state index in [1.54, 1.807) is 12.1 Å². The molecule has 22 heavy (non-hydrogen) atoms. The van der Waals surface area contributed by atoms with Crippen molar-refractivity contribution in [3.05, 3.63) is 83.4 Å². The number of esters is 1. The SMILES string of the molecule is C=C(C)CNCc1ccc(C(=O)OCc2ccccc2)cc1. The lowest BCUT2D eigenvalue weighted by Gasteiger charge is -2.07. The quantitative estimate of drug-likeness (QED) is 0.625. The predicted octanol–water partition coefficient (Wildman–Crippen LogP) is 3.71. The molecule has 0 atom stereocenters. The maximum atomic E-state index is 12.0. The van der Waals surface area contributed by atoms with Crippen LogP contribution in [0.25, 0.3) is 0 Å². The lowest BCUT2D eigenvalue weighted by Crippen LogP contribution is -2.15. The van der Waals surface area contributed by atoms with Gasteiger partial charge in [0.1, 0.15) is 6.61 Å². The van der Waals surface area contributed by atoms with E-state index in [4.69, 9.17) is 4.74 Å². The number of nitrogens with one attached hydrogen (secondary N) is 1. The molecule has 3 heteroatoms. The van der Waals surface area contributed by atoms with Crippen LogP contribution in [0, 0.1) is 0 Å². The summed E-state index contributed by atoms with van der Waals surface area (Å²) < 4.78 is 5.30. The van der Waals surface area contributed by atoms with Gasteiger partial charge in [0.05, 0.1) is 5.56 Å². The third kappa shape index (κ3) is 5.19. The zero-order valence-electron chi connectivity index (χ0n) is 12.8. The van der Waals surface area contributed by atoms with E-state index in [1.165, 1.54) is 0 Å². The molecule has 0 heterocycles. The summed E-state index contributed by atoms with van der Waals surface area (Å²) in [5, 5.41) is 3.28. The molecule has 2 aromatic rings. The molecule has 0 amide bonds. The summed E-state index contributed by atoms with van der Waals surface area (Å²) in [7, 11) is 0. The molecule has 0 saturated heterocycles. The van der Waals surface area contributed by atoms with Crippen molar-refractivity contribution < 1.29 is 9.53 Å². The Bertz CT molecular complexity index is 618. The van der Waals surface area contributed by atoms with Crippen LogP contribution in [0.15, 0.2) is 66.7 Å². The van der Waals surface area contributed by atoms with Crippen LogP contribution < -0.4 is 5.32 Å². The Labute approximate surface area is 131 Å². The summed E-state index contributed by atoms with van der Waals surface area (Å²) in [5.41, 5.74) is 3.78. The Morgan fingerprint density at radius 3 is 2.36 bits per heavy atom. The van der Waals surface area contributed by atoms with Crippen LogP contribution in [0.4, 0.5) is 0 Å². The lowest BCUT2D eigenvalue weighted by molar-refractivity contribution is 0.0472. The molecule has 0 spiro atoms. The molecule has 0 aromatic heterocycles. The third-order valence-electron chi connectivity index (χ3n) is 3.16. The summed E-state index contributed by atoms with van der Waals surface area (Å²) in [6, 6.07) is 17.1. The van der Waals surface area contributed by atoms with Gasteiger partial charge >= 0.3 is 5.97 Å². The minimum atomic E-state index is -0.301. The Morgan fingerprint density at radius 1 is 1.05 bits per heavy atom. The molecule has 0 saturated carbocycles. The fourth-order valence-corrected chi connectivity index (χ4v) is 1.99. The van der Waals surface area contributed by atoms with Crippen molar-refractivity contribution in [1.82, 2.24) is 5.32 Å². The van der Waals surface area contributed by atoms with Crippen molar-refractivity contribution in [2.75, 3.05) is 6.54 Å². The molecule has 0 aliphatic heterocycles. The monoisotopic (exact) mass is 295 g/mol. The zero-order chi connectivity index (χ0) is 15.8. The summed E-state index contributed by atoms with van der Waals surface area (Å²) >= 11 is 0. The van der Waals surface area contributed by atoms with Crippen LogP contribution in [0.1, 0.15) is 28.4 Å². The van der Waals surface area contributed by atoms with Crippen molar-refractivity contribution in [1.29, 1.82) is 0 Å². The van der Waals surface area contributed by atoms with Gasteiger partial charge in [-0.25, -0.2) is 4.79 Å². The molecule has 0 radical (unpaired) electrons. The first-order valence-electron chi connectivity index (χ1n) is 7.30. The van der Waals surface area contributed by atoms with Gasteiger partial charge in [0.25, 0.3) is 0 Å². The molecular formula is C19H21NO2. The van der Waals surface area contributed by atoms with Crippen molar-refractivity contribution in [2.24, 2.45) is 0 Å². The summed E-state index contributed by atoms with van der Waals surface area (Å²) in [6.45, 7) is 7.67. The Morgan fingerprint density at radius 2 is 1.73 bits per heavy atom. The van der Waals surface area contributed by atoms with E-state index in [9.17, 15) is 4.79 Å². The van der Waals surface area contributed by atoms with Crippen LogP contribution in [-0.2, 0) is 17.9 Å². The second-order valence-corrected chi connectivity index (χ2v) is 5.32. The van der Waals surface area contributed by atoms with Crippen molar-refractivity contribution >= 4 is 5.97 Å². The highest BCUT2D eigenvalue weighted by atomic mass is 16.5. The van der Waals surface area contributed by atoms with Crippen LogP contribution >= 0.6 is 0 Å². The first kappa shape index (κ1) is 16.0. The fourth-order valence-electron chi connectivity index (χ4n) is 1.99. The second-order valence-electron chi connectivity index (χ2n) is 5.32. The van der Waals surface area contributed by atoms with Gasteiger partial charge in [-0.15, -0.1) is 0 Å². The van der Waals surface area contributed by atoms with Gasteiger partial charge in [0.15, 0.2) is 0 Å². The highest BCUT2D eigenvalue weighted by Crippen LogP contribution is 2.08. The van der Waals surface area contributed by atoms with Crippen molar-refractivity contribution in [3.63, 3.8) is 0 Å². The molecular weight excluding hydrogens is 274 g/mol. The number of rotatable bonds is 7. The van der Waals surface area contributed by atoms with Crippen LogP contribution in [0.3, 0.4) is 0 Å². The maximum Gasteiger partial charge on any atom is 0.338 e. The Balaban J connectivity index is 1.84. The molecule has 0 aliphatic rings. The molecule has 0 bridgehead atoms. The van der Waals surface area contributed by atoms with Gasteiger partial charge in [-0.05, 0) is 30.2 Å². The molecule has 0 aliphatic carbocycles. The molecule has 2 rings (SSSR count). The van der Waals surface area contributed by atoms with Gasteiger partial charge in [-0.1, -0.05) is 54.6 Å². The topological polar surface area (TPSA) is 38.3 Å². The van der Waals surface area contributed by atoms with E-state index in [2.05, 4.69) is 11.9 Å². The number of carbonyl (C=O) groups is 1. The minimum absolute atomic E-state index is 0.293. The van der Waals surface area contributed by atoms with Crippen molar-refractivity contribution in [3.8, 4) is 0 Å². The average Bonchev–Trinajstić information content (AvgIpc) is 2.54. The second kappa shape index (κ2) is 8.15. The number of carbonyl (C=O) groups excluding carboxylic acids is 1. The van der Waals surface area contributed by atoms with E-state index in [0.29, 0.717) is 12.2 Å². The zero-order valence-corrected chi connectivity index (χ0v) is 12.8. The van der Waals surface area contributed by atoms with Gasteiger partial charge < -0.3 is 10.1 Å². The predicted molar refractivity (Wildman–Crippen MR) is 88.5 cm³/mol. The molecule has 0 fully saturated rings. The van der Waals surface area contributed by atoms with Crippen LogP contribution in [0.2, 0.25) is 0 Å². The third-order valence-corrected chi connectivity index (χ3v) is 3.16. The summed E-state index contributed by atoms with van der Waals surface area (Å²) in [5.74, 6) is -0.301. The Kier molecular flexibility index (Phi) is 5.92. The highest BCUT2D eigenvalue weighted by Gasteiger charge is 2.07. The molecule has 3 nitrogen and oxygen atoms in total. The highest BCUT2D eigenvalue weighted by molar-refractivity contribution is 5.89. The van der Waals surface area contributed by atoms with Crippen LogP contribution in [0.5, 0.6) is 0 Å². The number of hydrogen-bond donors (Lipinski definition) is 1. The van der Waals surface area contributed by atoms with E-state index >= 15 is 0 Å². The van der Waals surface area contributed by atoms with Gasteiger partial charge in [0.2, 0.25) is 0 Å². The maximum absolute atomic E-state index is 12.0. The molecule has 0 unspecified atom stereocenters. The molecule has 1 N–H and O–H groups in total. The molecule has 114 valence electrons. The Hall–Kier alpha value is -2.39. The largest absolute Gasteiger partial charge is 0.457 e. The lowest BCUT2D eigenvalue weighted by atomic mass is 10.1. The van der Waals surface area contributed by atoms with Gasteiger partial charge in [0, 0.05) is 13.1 Å². The van der Waals surface area contributed by atoms with E-state index < -0.39 is 0 Å². The van der Waals surface area contributed by atoms with E-state index in [0.717, 1.165) is 29.8 Å². The number of ether oxygens (including phenoxy) is 1. The van der Waals surface area contributed by atoms with E-state index in [1.807, 2.05) is 49.4 Å². The minimum Gasteiger partial charge on any atom is -0.457 e. The van der Waals surface area contributed by atoms with Gasteiger partial charge in [-0.2, -0.15) is 0 Å². The standard InChI is InChI=1S/C19H21NO2/c1-15(2)12-20-13-16-8-10-18(11-9-16)19(21)22-14-17-6-4-3-5-7-17/h3-11,20H,1,12-14H2,2H3. The normalized spacial score (nSPS) is 10.2. The first-order valence-corrected chi connectivity index (χ1v) is 7.30. The number of hydrogen-bond acceptors (Lipinski definition) is 3.